The monoisotopic (exact) mass is 416 g/mol. The van der Waals surface area contributed by atoms with E-state index in [4.69, 9.17) is 0 Å². The Kier molecular flexibility index (Phi) is 5.93. The molecule has 1 amide bonds. The lowest BCUT2D eigenvalue weighted by Crippen LogP contribution is -2.15. The second-order valence-corrected chi connectivity index (χ2v) is 7.91. The standard InChI is InChI=1S/C21H18F2N2O3S/c1-2-14-5-3-4-6-20(14)24-21(26)15-7-9-16(10-8-15)25-29(27,28)17-11-12-18(22)19(23)13-17/h3-13,25H,2H2,1H3,(H,24,26). The number of sulfonamides is 1. The van der Waals surface area contributed by atoms with Crippen molar-refractivity contribution in [3.63, 3.8) is 0 Å². The fourth-order valence-electron chi connectivity index (χ4n) is 2.69. The summed E-state index contributed by atoms with van der Waals surface area (Å²) in [4.78, 5) is 12.0. The third-order valence-electron chi connectivity index (χ3n) is 4.25. The lowest BCUT2D eigenvalue weighted by atomic mass is 10.1. The molecule has 3 aromatic carbocycles. The van der Waals surface area contributed by atoms with E-state index in [1.807, 2.05) is 25.1 Å². The van der Waals surface area contributed by atoms with Crippen molar-refractivity contribution in [3.05, 3.63) is 89.5 Å². The van der Waals surface area contributed by atoms with Gasteiger partial charge in [0, 0.05) is 16.9 Å². The number of carbonyl (C=O) groups is 1. The van der Waals surface area contributed by atoms with E-state index in [0.29, 0.717) is 17.3 Å². The molecule has 0 aromatic heterocycles. The fourth-order valence-corrected chi connectivity index (χ4v) is 3.76. The van der Waals surface area contributed by atoms with Crippen molar-refractivity contribution in [2.75, 3.05) is 10.0 Å². The van der Waals surface area contributed by atoms with Gasteiger partial charge in [0.25, 0.3) is 15.9 Å². The molecule has 3 aromatic rings. The van der Waals surface area contributed by atoms with Gasteiger partial charge in [0.15, 0.2) is 11.6 Å². The average Bonchev–Trinajstić information content (AvgIpc) is 2.70. The van der Waals surface area contributed by atoms with Crippen LogP contribution in [0.5, 0.6) is 0 Å². The number of anilines is 2. The number of nitrogens with one attached hydrogen (secondary N) is 2. The molecule has 0 spiro atoms. The van der Waals surface area contributed by atoms with Gasteiger partial charge in [-0.1, -0.05) is 25.1 Å². The Morgan fingerprint density at radius 3 is 2.28 bits per heavy atom. The molecule has 0 aliphatic heterocycles. The maximum absolute atomic E-state index is 13.3. The van der Waals surface area contributed by atoms with Crippen LogP contribution in [0.2, 0.25) is 0 Å². The molecule has 0 heterocycles. The predicted octanol–water partition coefficient (Wildman–Crippen LogP) is 4.58. The number of halogens is 2. The van der Waals surface area contributed by atoms with Gasteiger partial charge in [0.05, 0.1) is 4.90 Å². The summed E-state index contributed by atoms with van der Waals surface area (Å²) in [5, 5.41) is 2.83. The van der Waals surface area contributed by atoms with E-state index in [-0.39, 0.29) is 11.6 Å². The molecular formula is C21H18F2N2O3S. The SMILES string of the molecule is CCc1ccccc1NC(=O)c1ccc(NS(=O)(=O)c2ccc(F)c(F)c2)cc1. The van der Waals surface area contributed by atoms with Crippen LogP contribution >= 0.6 is 0 Å². The van der Waals surface area contributed by atoms with Gasteiger partial charge in [-0.25, -0.2) is 17.2 Å². The largest absolute Gasteiger partial charge is 0.322 e. The van der Waals surface area contributed by atoms with Crippen LogP contribution < -0.4 is 10.0 Å². The maximum atomic E-state index is 13.3. The second-order valence-electron chi connectivity index (χ2n) is 6.22. The van der Waals surface area contributed by atoms with Gasteiger partial charge in [-0.2, -0.15) is 0 Å². The third-order valence-corrected chi connectivity index (χ3v) is 5.63. The highest BCUT2D eigenvalue weighted by atomic mass is 32.2. The van der Waals surface area contributed by atoms with Crippen molar-refractivity contribution in [3.8, 4) is 0 Å². The summed E-state index contributed by atoms with van der Waals surface area (Å²) >= 11 is 0. The van der Waals surface area contributed by atoms with Crippen molar-refractivity contribution in [2.45, 2.75) is 18.2 Å². The first-order valence-corrected chi connectivity index (χ1v) is 10.3. The Balaban J connectivity index is 1.74. The van der Waals surface area contributed by atoms with E-state index in [1.165, 1.54) is 24.3 Å². The van der Waals surface area contributed by atoms with Crippen molar-refractivity contribution in [1.82, 2.24) is 0 Å². The molecule has 2 N–H and O–H groups in total. The summed E-state index contributed by atoms with van der Waals surface area (Å²) in [6, 6.07) is 15.5. The molecule has 0 saturated carbocycles. The van der Waals surface area contributed by atoms with E-state index in [9.17, 15) is 22.0 Å². The van der Waals surface area contributed by atoms with Crippen LogP contribution in [0.25, 0.3) is 0 Å². The second kappa shape index (κ2) is 8.40. The lowest BCUT2D eigenvalue weighted by molar-refractivity contribution is 0.102. The van der Waals surface area contributed by atoms with Crippen LogP contribution in [-0.2, 0) is 16.4 Å². The highest BCUT2D eigenvalue weighted by Gasteiger charge is 2.17. The van der Waals surface area contributed by atoms with Crippen LogP contribution in [0.4, 0.5) is 20.2 Å². The van der Waals surface area contributed by atoms with Crippen LogP contribution in [-0.4, -0.2) is 14.3 Å². The number of rotatable bonds is 6. The summed E-state index contributed by atoms with van der Waals surface area (Å²) in [6.45, 7) is 1.99. The number of hydrogen-bond acceptors (Lipinski definition) is 3. The Morgan fingerprint density at radius 1 is 0.931 bits per heavy atom. The smallest absolute Gasteiger partial charge is 0.261 e. The molecule has 0 atom stereocenters. The first-order valence-electron chi connectivity index (χ1n) is 8.77. The molecule has 150 valence electrons. The van der Waals surface area contributed by atoms with E-state index >= 15 is 0 Å². The minimum absolute atomic E-state index is 0.181. The zero-order valence-corrected chi connectivity index (χ0v) is 16.3. The molecule has 5 nitrogen and oxygen atoms in total. The molecule has 0 aliphatic carbocycles. The molecule has 0 unspecified atom stereocenters. The van der Waals surface area contributed by atoms with Crippen LogP contribution in [0, 0.1) is 11.6 Å². The minimum atomic E-state index is -4.10. The van der Waals surface area contributed by atoms with Gasteiger partial charge < -0.3 is 5.32 Å². The Bertz CT molecular complexity index is 1150. The van der Waals surface area contributed by atoms with Crippen LogP contribution in [0.3, 0.4) is 0 Å². The normalized spacial score (nSPS) is 11.1. The summed E-state index contributed by atoms with van der Waals surface area (Å²) in [5.41, 5.74) is 2.23. The average molecular weight is 416 g/mol. The zero-order valence-electron chi connectivity index (χ0n) is 15.4. The van der Waals surface area contributed by atoms with E-state index in [2.05, 4.69) is 10.0 Å². The van der Waals surface area contributed by atoms with Crippen molar-refractivity contribution in [1.29, 1.82) is 0 Å². The zero-order chi connectivity index (χ0) is 21.0. The molecule has 3 rings (SSSR count). The molecule has 29 heavy (non-hydrogen) atoms. The van der Waals surface area contributed by atoms with Crippen molar-refractivity contribution < 1.29 is 22.0 Å². The van der Waals surface area contributed by atoms with Gasteiger partial charge >= 0.3 is 0 Å². The van der Waals surface area contributed by atoms with Gasteiger partial charge in [0.2, 0.25) is 0 Å². The van der Waals surface area contributed by atoms with E-state index < -0.39 is 26.6 Å². The lowest BCUT2D eigenvalue weighted by Gasteiger charge is -2.11. The summed E-state index contributed by atoms with van der Waals surface area (Å²) < 4.78 is 53.2. The van der Waals surface area contributed by atoms with Crippen molar-refractivity contribution in [2.24, 2.45) is 0 Å². The van der Waals surface area contributed by atoms with Crippen LogP contribution in [0.15, 0.2) is 71.6 Å². The summed E-state index contributed by atoms with van der Waals surface area (Å²) in [7, 11) is -4.10. The number of hydrogen-bond donors (Lipinski definition) is 2. The highest BCUT2D eigenvalue weighted by Crippen LogP contribution is 2.20. The molecule has 0 aliphatic rings. The Hall–Kier alpha value is -3.26. The summed E-state index contributed by atoms with van der Waals surface area (Å²) in [5.74, 6) is -2.72. The topological polar surface area (TPSA) is 75.3 Å². The van der Waals surface area contributed by atoms with E-state index in [0.717, 1.165) is 24.1 Å². The molecule has 0 bridgehead atoms. The van der Waals surface area contributed by atoms with Gasteiger partial charge in [-0.15, -0.1) is 0 Å². The molecule has 0 saturated heterocycles. The summed E-state index contributed by atoms with van der Waals surface area (Å²) in [6.07, 6.45) is 0.765. The molecular weight excluding hydrogens is 398 g/mol. The fraction of sp³-hybridized carbons (Fsp3) is 0.0952. The van der Waals surface area contributed by atoms with Crippen molar-refractivity contribution >= 4 is 27.3 Å². The van der Waals surface area contributed by atoms with Gasteiger partial charge in [0.1, 0.15) is 0 Å². The molecule has 0 fully saturated rings. The third kappa shape index (κ3) is 4.78. The first kappa shape index (κ1) is 20.5. The van der Waals surface area contributed by atoms with Gasteiger partial charge in [-0.05, 0) is 60.5 Å². The number of amides is 1. The van der Waals surface area contributed by atoms with Crippen LogP contribution in [0.1, 0.15) is 22.8 Å². The first-order chi connectivity index (χ1) is 13.8. The number of aryl methyl sites for hydroxylation is 1. The van der Waals surface area contributed by atoms with E-state index in [1.54, 1.807) is 6.07 Å². The number of para-hydroxylation sites is 1. The maximum Gasteiger partial charge on any atom is 0.261 e. The predicted molar refractivity (Wildman–Crippen MR) is 107 cm³/mol. The minimum Gasteiger partial charge on any atom is -0.322 e. The Morgan fingerprint density at radius 2 is 1.62 bits per heavy atom. The number of carbonyl (C=O) groups excluding carboxylic acids is 1. The molecule has 0 radical (unpaired) electrons. The number of benzene rings is 3. The molecule has 8 heteroatoms. The Labute approximate surface area is 167 Å². The quantitative estimate of drug-likeness (QED) is 0.618. The highest BCUT2D eigenvalue weighted by molar-refractivity contribution is 7.92. The van der Waals surface area contributed by atoms with Gasteiger partial charge in [-0.3, -0.25) is 9.52 Å².